The fraction of sp³-hybridized carbons (Fsp3) is 0.500. The lowest BCUT2D eigenvalue weighted by Gasteiger charge is -2.27. The van der Waals surface area contributed by atoms with Crippen LogP contribution in [-0.4, -0.2) is 42.7 Å². The van der Waals surface area contributed by atoms with Crippen LogP contribution in [0.25, 0.3) is 0 Å². The van der Waals surface area contributed by atoms with E-state index in [-0.39, 0.29) is 11.9 Å². The van der Waals surface area contributed by atoms with Crippen LogP contribution in [0.5, 0.6) is 0 Å². The number of sulfonamides is 1. The Kier molecular flexibility index (Phi) is 5.69. The van der Waals surface area contributed by atoms with E-state index in [1.807, 2.05) is 18.2 Å². The van der Waals surface area contributed by atoms with Gasteiger partial charge in [-0.1, -0.05) is 18.9 Å². The number of halogens is 1. The average molecular weight is 388 g/mol. The summed E-state index contributed by atoms with van der Waals surface area (Å²) >= 11 is 3.31. The van der Waals surface area contributed by atoms with Crippen LogP contribution in [0.3, 0.4) is 0 Å². The van der Waals surface area contributed by atoms with Crippen molar-refractivity contribution in [1.29, 1.82) is 0 Å². The van der Waals surface area contributed by atoms with Crippen LogP contribution in [-0.2, 0) is 21.4 Å². The van der Waals surface area contributed by atoms with Crippen molar-refractivity contribution in [2.75, 3.05) is 6.26 Å². The first-order chi connectivity index (χ1) is 10.3. The van der Waals surface area contributed by atoms with E-state index in [0.29, 0.717) is 11.1 Å². The third-order valence-electron chi connectivity index (χ3n) is 3.51. The smallest absolute Gasteiger partial charge is 0.266 e. The number of hydrogen-bond donors (Lipinski definition) is 0. The molecule has 8 heteroatoms. The number of nitrogens with zero attached hydrogens (tertiary/aromatic N) is 3. The van der Waals surface area contributed by atoms with E-state index in [2.05, 4.69) is 25.3 Å². The lowest BCUT2D eigenvalue weighted by molar-refractivity contribution is -0.126. The van der Waals surface area contributed by atoms with Crippen LogP contribution >= 0.6 is 15.9 Å². The normalized spacial score (nSPS) is 16.3. The number of rotatable bonds is 5. The molecular formula is C14H18BrN3O3S. The molecule has 6 nitrogen and oxygen atoms in total. The summed E-state index contributed by atoms with van der Waals surface area (Å²) in [6.45, 7) is 0.346. The van der Waals surface area contributed by atoms with Gasteiger partial charge < -0.3 is 4.90 Å². The molecule has 120 valence electrons. The zero-order chi connectivity index (χ0) is 16.2. The van der Waals surface area contributed by atoms with Crippen LogP contribution in [0.1, 0.15) is 31.4 Å². The third kappa shape index (κ3) is 5.17. The van der Waals surface area contributed by atoms with E-state index in [1.165, 1.54) is 0 Å². The topological polar surface area (TPSA) is 79.7 Å². The van der Waals surface area contributed by atoms with Gasteiger partial charge >= 0.3 is 0 Å². The highest BCUT2D eigenvalue weighted by Gasteiger charge is 2.26. The maximum Gasteiger partial charge on any atom is 0.266 e. The summed E-state index contributed by atoms with van der Waals surface area (Å²) in [6, 6.07) is 5.62. The van der Waals surface area contributed by atoms with Crippen molar-refractivity contribution in [2.45, 2.75) is 38.3 Å². The molecule has 0 saturated heterocycles. The first-order valence-electron chi connectivity index (χ1n) is 7.02. The fourth-order valence-electron chi connectivity index (χ4n) is 2.53. The van der Waals surface area contributed by atoms with Crippen molar-refractivity contribution in [3.05, 3.63) is 28.5 Å². The molecule has 1 aromatic rings. The second-order valence-corrected chi connectivity index (χ2v) is 7.81. The molecule has 1 amide bonds. The summed E-state index contributed by atoms with van der Waals surface area (Å²) in [7, 11) is -3.56. The summed E-state index contributed by atoms with van der Waals surface area (Å²) in [4.78, 5) is 18.3. The molecule has 0 N–H and O–H groups in total. The maximum absolute atomic E-state index is 12.3. The predicted octanol–water partition coefficient (Wildman–Crippen LogP) is 2.15. The molecule has 0 spiro atoms. The monoisotopic (exact) mass is 387 g/mol. The van der Waals surface area contributed by atoms with E-state index < -0.39 is 10.0 Å². The zero-order valence-electron chi connectivity index (χ0n) is 12.3. The first kappa shape index (κ1) is 17.1. The summed E-state index contributed by atoms with van der Waals surface area (Å²) in [5, 5.41) is 0. The van der Waals surface area contributed by atoms with E-state index in [1.54, 1.807) is 4.90 Å². The largest absolute Gasteiger partial charge is 0.329 e. The average Bonchev–Trinajstić information content (AvgIpc) is 2.95. The Morgan fingerprint density at radius 1 is 1.45 bits per heavy atom. The number of carbonyl (C=O) groups is 1. The molecular weight excluding hydrogens is 370 g/mol. The van der Waals surface area contributed by atoms with Gasteiger partial charge in [-0.2, -0.15) is 4.40 Å². The molecule has 1 aliphatic rings. The van der Waals surface area contributed by atoms with Gasteiger partial charge in [-0.3, -0.25) is 4.79 Å². The van der Waals surface area contributed by atoms with Crippen molar-refractivity contribution >= 4 is 38.1 Å². The van der Waals surface area contributed by atoms with E-state index >= 15 is 0 Å². The summed E-state index contributed by atoms with van der Waals surface area (Å²) in [5.41, 5.74) is 0.752. The molecule has 0 unspecified atom stereocenters. The van der Waals surface area contributed by atoms with Gasteiger partial charge in [0.15, 0.2) is 0 Å². The standard InChI is InChI=1S/C14H18BrN3O3S/c1-22(20,21)16-9-14(19)18(12-6-2-3-7-12)10-11-5-4-8-13(15)17-11/h4-5,8-9,12H,2-3,6-7,10H2,1H3. The minimum absolute atomic E-state index is 0.110. The molecule has 1 aromatic heterocycles. The molecule has 0 bridgehead atoms. The van der Waals surface area contributed by atoms with Crippen molar-refractivity contribution in [2.24, 2.45) is 4.40 Å². The number of pyridine rings is 1. The zero-order valence-corrected chi connectivity index (χ0v) is 14.7. The molecule has 2 rings (SSSR count). The molecule has 0 atom stereocenters. The van der Waals surface area contributed by atoms with Crippen molar-refractivity contribution < 1.29 is 13.2 Å². The molecule has 1 saturated carbocycles. The van der Waals surface area contributed by atoms with E-state index in [4.69, 9.17) is 0 Å². The molecule has 1 heterocycles. The van der Waals surface area contributed by atoms with Gasteiger partial charge in [-0.05, 0) is 40.9 Å². The van der Waals surface area contributed by atoms with Gasteiger partial charge in [0.05, 0.1) is 18.5 Å². The quantitative estimate of drug-likeness (QED) is 0.572. The lowest BCUT2D eigenvalue weighted by Crippen LogP contribution is -2.39. The minimum atomic E-state index is -3.56. The number of hydrogen-bond acceptors (Lipinski definition) is 4. The Balaban J connectivity index is 2.19. The molecule has 0 aromatic carbocycles. The van der Waals surface area contributed by atoms with Gasteiger partial charge in [0.2, 0.25) is 10.0 Å². The number of carbonyl (C=O) groups excluding carboxylic acids is 1. The Hall–Kier alpha value is -1.28. The lowest BCUT2D eigenvalue weighted by atomic mass is 10.2. The fourth-order valence-corrected chi connectivity index (χ4v) is 3.19. The Morgan fingerprint density at radius 2 is 2.14 bits per heavy atom. The van der Waals surface area contributed by atoms with E-state index in [0.717, 1.165) is 43.8 Å². The Morgan fingerprint density at radius 3 is 2.73 bits per heavy atom. The van der Waals surface area contributed by atoms with Crippen molar-refractivity contribution in [1.82, 2.24) is 9.88 Å². The van der Waals surface area contributed by atoms with Crippen LogP contribution in [0.2, 0.25) is 0 Å². The van der Waals surface area contributed by atoms with Crippen LogP contribution in [0.15, 0.2) is 27.2 Å². The molecule has 1 fully saturated rings. The number of aromatic nitrogens is 1. The van der Waals surface area contributed by atoms with Gasteiger partial charge in [-0.15, -0.1) is 0 Å². The highest BCUT2D eigenvalue weighted by atomic mass is 79.9. The highest BCUT2D eigenvalue weighted by molar-refractivity contribution is 9.10. The van der Waals surface area contributed by atoms with Gasteiger partial charge in [0.1, 0.15) is 10.8 Å². The maximum atomic E-state index is 12.3. The Labute approximate surface area is 138 Å². The van der Waals surface area contributed by atoms with Crippen molar-refractivity contribution in [3.8, 4) is 0 Å². The molecule has 0 radical (unpaired) electrons. The second-order valence-electron chi connectivity index (χ2n) is 5.32. The summed E-state index contributed by atoms with van der Waals surface area (Å²) in [5.74, 6) is -0.390. The Bertz CT molecular complexity index is 670. The van der Waals surface area contributed by atoms with Crippen molar-refractivity contribution in [3.63, 3.8) is 0 Å². The van der Waals surface area contributed by atoms with Crippen LogP contribution < -0.4 is 0 Å². The summed E-state index contributed by atoms with van der Waals surface area (Å²) in [6.07, 6.45) is 5.85. The van der Waals surface area contributed by atoms with Crippen LogP contribution in [0, 0.1) is 0 Å². The molecule has 1 aliphatic carbocycles. The number of amides is 1. The summed E-state index contributed by atoms with van der Waals surface area (Å²) < 4.78 is 26.2. The highest BCUT2D eigenvalue weighted by Crippen LogP contribution is 2.25. The SMILES string of the molecule is CS(=O)(=O)N=CC(=O)N(Cc1cccc(Br)n1)C1CCCC1. The van der Waals surface area contributed by atoms with Gasteiger partial charge in [0.25, 0.3) is 5.91 Å². The van der Waals surface area contributed by atoms with Gasteiger partial charge in [0, 0.05) is 6.04 Å². The molecule has 0 aliphatic heterocycles. The second kappa shape index (κ2) is 7.32. The van der Waals surface area contributed by atoms with Crippen LogP contribution in [0.4, 0.5) is 0 Å². The minimum Gasteiger partial charge on any atom is -0.329 e. The predicted molar refractivity (Wildman–Crippen MR) is 88.1 cm³/mol. The van der Waals surface area contributed by atoms with E-state index in [9.17, 15) is 13.2 Å². The third-order valence-corrected chi connectivity index (χ3v) is 4.44. The van der Waals surface area contributed by atoms with Gasteiger partial charge in [-0.25, -0.2) is 13.4 Å². The molecule has 22 heavy (non-hydrogen) atoms. The first-order valence-corrected chi connectivity index (χ1v) is 9.66.